The molecular formula is C20H18ClN3O3. The molecule has 2 aromatic carbocycles. The van der Waals surface area contributed by atoms with Gasteiger partial charge in [0.25, 0.3) is 5.91 Å². The van der Waals surface area contributed by atoms with Crippen molar-refractivity contribution in [3.63, 3.8) is 0 Å². The highest BCUT2D eigenvalue weighted by atomic mass is 35.5. The van der Waals surface area contributed by atoms with Crippen LogP contribution in [-0.4, -0.2) is 43.0 Å². The number of benzene rings is 2. The van der Waals surface area contributed by atoms with E-state index in [2.05, 4.69) is 6.07 Å². The van der Waals surface area contributed by atoms with E-state index in [9.17, 15) is 14.9 Å². The number of nitrogens with zero attached hydrogens (tertiary/aromatic N) is 3. The van der Waals surface area contributed by atoms with Gasteiger partial charge in [-0.05, 0) is 37.3 Å². The Morgan fingerprint density at radius 3 is 2.74 bits per heavy atom. The Hall–Kier alpha value is -3.04. The minimum absolute atomic E-state index is 0.0879. The number of nitriles is 1. The van der Waals surface area contributed by atoms with Gasteiger partial charge in [0, 0.05) is 17.6 Å². The maximum atomic E-state index is 13.0. The number of hydrogen-bond acceptors (Lipinski definition) is 4. The van der Waals surface area contributed by atoms with Gasteiger partial charge in [0.05, 0.1) is 23.9 Å². The molecule has 0 saturated carbocycles. The number of halogens is 1. The van der Waals surface area contributed by atoms with Crippen molar-refractivity contribution in [2.75, 3.05) is 25.1 Å². The second kappa shape index (κ2) is 7.68. The van der Waals surface area contributed by atoms with E-state index in [0.717, 1.165) is 0 Å². The van der Waals surface area contributed by atoms with Gasteiger partial charge in [-0.15, -0.1) is 0 Å². The Bertz CT molecular complexity index is 938. The number of anilines is 1. The summed E-state index contributed by atoms with van der Waals surface area (Å²) in [5.74, 6) is -0.158. The first kappa shape index (κ1) is 18.7. The van der Waals surface area contributed by atoms with Gasteiger partial charge in [0.15, 0.2) is 0 Å². The van der Waals surface area contributed by atoms with Gasteiger partial charge in [-0.2, -0.15) is 5.26 Å². The maximum Gasteiger partial charge on any atom is 0.258 e. The van der Waals surface area contributed by atoms with E-state index in [0.29, 0.717) is 34.1 Å². The minimum Gasteiger partial charge on any atom is -0.496 e. The van der Waals surface area contributed by atoms with Crippen molar-refractivity contribution in [1.29, 1.82) is 5.26 Å². The summed E-state index contributed by atoms with van der Waals surface area (Å²) < 4.78 is 5.26. The molecule has 2 amide bonds. The molecule has 0 N–H and O–H groups in total. The van der Waals surface area contributed by atoms with Gasteiger partial charge >= 0.3 is 0 Å². The fourth-order valence-electron chi connectivity index (χ4n) is 3.16. The highest BCUT2D eigenvalue weighted by Gasteiger charge is 2.35. The molecule has 27 heavy (non-hydrogen) atoms. The van der Waals surface area contributed by atoms with E-state index in [1.807, 2.05) is 6.92 Å². The van der Waals surface area contributed by atoms with Crippen LogP contribution in [0.25, 0.3) is 0 Å². The van der Waals surface area contributed by atoms with Crippen LogP contribution in [0.2, 0.25) is 5.02 Å². The van der Waals surface area contributed by atoms with E-state index in [1.54, 1.807) is 41.3 Å². The Balaban J connectivity index is 1.88. The molecule has 0 spiro atoms. The molecule has 3 rings (SSSR count). The van der Waals surface area contributed by atoms with Crippen LogP contribution in [-0.2, 0) is 4.79 Å². The van der Waals surface area contributed by atoms with Crippen LogP contribution in [0.15, 0.2) is 42.5 Å². The molecule has 138 valence electrons. The molecule has 1 heterocycles. The third kappa shape index (κ3) is 3.60. The molecule has 2 aromatic rings. The Morgan fingerprint density at radius 2 is 2.04 bits per heavy atom. The van der Waals surface area contributed by atoms with Gasteiger partial charge in [-0.1, -0.05) is 23.7 Å². The predicted molar refractivity (Wildman–Crippen MR) is 102 cm³/mol. The molecule has 0 aliphatic carbocycles. The lowest BCUT2D eigenvalue weighted by molar-refractivity contribution is -0.121. The van der Waals surface area contributed by atoms with Crippen molar-refractivity contribution in [2.45, 2.75) is 13.0 Å². The topological polar surface area (TPSA) is 73.6 Å². The molecule has 7 heteroatoms. The number of rotatable bonds is 3. The fourth-order valence-corrected chi connectivity index (χ4v) is 3.33. The molecule has 0 bridgehead atoms. The molecule has 0 unspecified atom stereocenters. The second-order valence-corrected chi connectivity index (χ2v) is 6.70. The van der Waals surface area contributed by atoms with E-state index < -0.39 is 0 Å². The van der Waals surface area contributed by atoms with Crippen LogP contribution in [0.4, 0.5) is 5.69 Å². The number of hydrogen-bond donors (Lipinski definition) is 0. The number of amides is 2. The number of ether oxygens (including phenoxy) is 1. The Kier molecular flexibility index (Phi) is 5.33. The zero-order chi connectivity index (χ0) is 19.6. The van der Waals surface area contributed by atoms with Crippen molar-refractivity contribution in [3.8, 4) is 11.8 Å². The predicted octanol–water partition coefficient (Wildman–Crippen LogP) is 3.10. The molecule has 0 radical (unpaired) electrons. The molecule has 1 atom stereocenters. The molecule has 6 nitrogen and oxygen atoms in total. The average Bonchev–Trinajstić information content (AvgIpc) is 2.68. The summed E-state index contributed by atoms with van der Waals surface area (Å²) in [6.45, 7) is 2.07. The lowest BCUT2D eigenvalue weighted by Crippen LogP contribution is -2.57. The number of carbonyl (C=O) groups is 2. The van der Waals surface area contributed by atoms with E-state index in [4.69, 9.17) is 16.3 Å². The van der Waals surface area contributed by atoms with E-state index >= 15 is 0 Å². The van der Waals surface area contributed by atoms with Crippen LogP contribution >= 0.6 is 11.6 Å². The zero-order valence-corrected chi connectivity index (χ0v) is 15.7. The fraction of sp³-hybridized carbons (Fsp3) is 0.250. The smallest absolute Gasteiger partial charge is 0.258 e. The summed E-state index contributed by atoms with van der Waals surface area (Å²) in [4.78, 5) is 28.8. The third-order valence-corrected chi connectivity index (χ3v) is 4.79. The summed E-state index contributed by atoms with van der Waals surface area (Å²) >= 11 is 6.03. The van der Waals surface area contributed by atoms with Crippen LogP contribution in [0, 0.1) is 11.3 Å². The van der Waals surface area contributed by atoms with Crippen molar-refractivity contribution in [1.82, 2.24) is 4.90 Å². The zero-order valence-electron chi connectivity index (χ0n) is 15.0. The normalized spacial score (nSPS) is 16.8. The molecule has 0 aromatic heterocycles. The van der Waals surface area contributed by atoms with Crippen LogP contribution in [0.3, 0.4) is 0 Å². The third-order valence-electron chi connectivity index (χ3n) is 4.55. The Morgan fingerprint density at radius 1 is 1.30 bits per heavy atom. The van der Waals surface area contributed by atoms with Crippen molar-refractivity contribution >= 4 is 29.1 Å². The van der Waals surface area contributed by atoms with Crippen molar-refractivity contribution in [2.24, 2.45) is 0 Å². The first-order valence-electron chi connectivity index (χ1n) is 8.40. The average molecular weight is 384 g/mol. The summed E-state index contributed by atoms with van der Waals surface area (Å²) in [5.41, 5.74) is 1.30. The summed E-state index contributed by atoms with van der Waals surface area (Å²) in [7, 11) is 1.48. The first-order chi connectivity index (χ1) is 13.0. The van der Waals surface area contributed by atoms with E-state index in [1.165, 1.54) is 18.1 Å². The number of para-hydroxylation sites is 1. The largest absolute Gasteiger partial charge is 0.496 e. The lowest BCUT2D eigenvalue weighted by Gasteiger charge is -2.39. The van der Waals surface area contributed by atoms with Gasteiger partial charge in [0.2, 0.25) is 5.91 Å². The van der Waals surface area contributed by atoms with Crippen LogP contribution < -0.4 is 9.64 Å². The summed E-state index contributed by atoms with van der Waals surface area (Å²) in [5, 5.41) is 9.71. The summed E-state index contributed by atoms with van der Waals surface area (Å²) in [6, 6.07) is 13.6. The minimum atomic E-state index is -0.316. The quantitative estimate of drug-likeness (QED) is 0.816. The SMILES string of the molecule is COc1ccc(Cl)cc1C(=O)N1CC(=O)N(c2ccccc2C#N)C[C@@H]1C. The standard InChI is InChI=1S/C20H18ClN3O3/c1-13-11-24(17-6-4-3-5-14(17)10-22)19(25)12-23(13)20(26)16-9-15(21)7-8-18(16)27-2/h3-9,13H,11-12H2,1-2H3/t13-/m0/s1. The molecule has 1 aliphatic rings. The molecule has 1 saturated heterocycles. The van der Waals surface area contributed by atoms with Crippen LogP contribution in [0.5, 0.6) is 5.75 Å². The van der Waals surface area contributed by atoms with Crippen molar-refractivity contribution in [3.05, 3.63) is 58.6 Å². The monoisotopic (exact) mass is 383 g/mol. The maximum absolute atomic E-state index is 13.0. The van der Waals surface area contributed by atoms with Crippen molar-refractivity contribution < 1.29 is 14.3 Å². The lowest BCUT2D eigenvalue weighted by atomic mass is 10.1. The highest BCUT2D eigenvalue weighted by Crippen LogP contribution is 2.28. The van der Waals surface area contributed by atoms with Crippen LogP contribution in [0.1, 0.15) is 22.8 Å². The van der Waals surface area contributed by atoms with Gasteiger partial charge in [0.1, 0.15) is 18.4 Å². The van der Waals surface area contributed by atoms with Gasteiger partial charge in [-0.25, -0.2) is 0 Å². The van der Waals surface area contributed by atoms with Gasteiger partial charge < -0.3 is 14.5 Å². The Labute approximate surface area is 162 Å². The summed E-state index contributed by atoms with van der Waals surface area (Å²) in [6.07, 6.45) is 0. The van der Waals surface area contributed by atoms with E-state index in [-0.39, 0.29) is 24.4 Å². The molecule has 1 aliphatic heterocycles. The highest BCUT2D eigenvalue weighted by molar-refractivity contribution is 6.31. The molecule has 1 fully saturated rings. The first-order valence-corrected chi connectivity index (χ1v) is 8.78. The number of carbonyl (C=O) groups excluding carboxylic acids is 2. The molecular weight excluding hydrogens is 366 g/mol. The van der Waals surface area contributed by atoms with Gasteiger partial charge in [-0.3, -0.25) is 9.59 Å². The number of methoxy groups -OCH3 is 1. The second-order valence-electron chi connectivity index (χ2n) is 6.26. The number of piperazine rings is 1.